The molecule has 32 heavy (non-hydrogen) atoms. The Kier molecular flexibility index (Phi) is 6.97. The second-order valence-corrected chi connectivity index (χ2v) is 7.67. The van der Waals surface area contributed by atoms with E-state index in [-0.39, 0.29) is 11.6 Å². The summed E-state index contributed by atoms with van der Waals surface area (Å²) < 4.78 is 12.4. The van der Waals surface area contributed by atoms with Gasteiger partial charge >= 0.3 is 0 Å². The number of imidazole rings is 1. The number of nitrogens with two attached hydrogens (primary N) is 1. The molecule has 0 fully saturated rings. The van der Waals surface area contributed by atoms with E-state index < -0.39 is 5.91 Å². The van der Waals surface area contributed by atoms with E-state index in [0.717, 1.165) is 22.5 Å². The van der Waals surface area contributed by atoms with Crippen LogP contribution in [0.3, 0.4) is 0 Å². The number of benzene rings is 1. The third kappa shape index (κ3) is 4.66. The fourth-order valence-corrected chi connectivity index (χ4v) is 3.74. The van der Waals surface area contributed by atoms with Crippen molar-refractivity contribution in [2.45, 2.75) is 33.1 Å². The number of carbonyl (C=O) groups excluding carboxylic acids is 2. The lowest BCUT2D eigenvalue weighted by Gasteiger charge is -2.18. The van der Waals surface area contributed by atoms with Gasteiger partial charge in [-0.25, -0.2) is 9.97 Å². The summed E-state index contributed by atoms with van der Waals surface area (Å²) in [5.41, 5.74) is 9.65. The molecule has 0 aliphatic heterocycles. The summed E-state index contributed by atoms with van der Waals surface area (Å²) in [5, 5.41) is 0. The van der Waals surface area contributed by atoms with Crippen LogP contribution in [0.5, 0.6) is 11.5 Å². The Hall–Kier alpha value is -3.62. The molecular formula is C23H29N5O4. The molecule has 0 saturated heterocycles. The first-order valence-corrected chi connectivity index (χ1v) is 10.3. The highest BCUT2D eigenvalue weighted by molar-refractivity contribution is 5.96. The van der Waals surface area contributed by atoms with E-state index in [2.05, 4.69) is 9.97 Å². The molecule has 170 valence electrons. The third-order valence-electron chi connectivity index (χ3n) is 5.68. The van der Waals surface area contributed by atoms with E-state index in [1.54, 1.807) is 30.6 Å². The number of hydrogen-bond acceptors (Lipinski definition) is 6. The minimum atomic E-state index is -0.613. The SMILES string of the molecule is COc1ccc(CCN(C)C(=O)CCc2c(C)nc3c(C(N)=O)ncn3c2C)cc1OC. The number of hydrogen-bond donors (Lipinski definition) is 1. The average molecular weight is 440 g/mol. The van der Waals surface area contributed by atoms with Crippen LogP contribution in [-0.2, 0) is 17.6 Å². The lowest BCUT2D eigenvalue weighted by Crippen LogP contribution is -2.29. The van der Waals surface area contributed by atoms with E-state index in [1.165, 1.54) is 6.33 Å². The summed E-state index contributed by atoms with van der Waals surface area (Å²) in [7, 11) is 5.01. The molecule has 2 heterocycles. The van der Waals surface area contributed by atoms with E-state index in [0.29, 0.717) is 43.0 Å². The molecule has 0 radical (unpaired) electrons. The molecular weight excluding hydrogens is 410 g/mol. The number of likely N-dealkylation sites (N-methyl/N-ethyl adjacent to an activating group) is 1. The molecule has 1 aromatic carbocycles. The molecule has 3 rings (SSSR count). The highest BCUT2D eigenvalue weighted by Gasteiger charge is 2.18. The van der Waals surface area contributed by atoms with Crippen molar-refractivity contribution in [3.05, 3.63) is 52.7 Å². The minimum Gasteiger partial charge on any atom is -0.493 e. The lowest BCUT2D eigenvalue weighted by atomic mass is 10.1. The van der Waals surface area contributed by atoms with Gasteiger partial charge in [0.15, 0.2) is 22.8 Å². The molecule has 0 spiro atoms. The number of fused-ring (bicyclic) bond motifs is 1. The Labute approximate surface area is 187 Å². The van der Waals surface area contributed by atoms with Crippen molar-refractivity contribution in [2.75, 3.05) is 27.8 Å². The lowest BCUT2D eigenvalue weighted by molar-refractivity contribution is -0.129. The van der Waals surface area contributed by atoms with Gasteiger partial charge in [0.1, 0.15) is 6.33 Å². The molecule has 0 unspecified atom stereocenters. The second-order valence-electron chi connectivity index (χ2n) is 7.67. The highest BCUT2D eigenvalue weighted by atomic mass is 16.5. The van der Waals surface area contributed by atoms with Crippen LogP contribution >= 0.6 is 0 Å². The molecule has 0 bridgehead atoms. The van der Waals surface area contributed by atoms with Crippen LogP contribution in [0.1, 0.15) is 39.4 Å². The first kappa shape index (κ1) is 23.1. The normalized spacial score (nSPS) is 10.9. The van der Waals surface area contributed by atoms with Gasteiger partial charge in [-0.15, -0.1) is 0 Å². The van der Waals surface area contributed by atoms with Crippen LogP contribution in [0.2, 0.25) is 0 Å². The molecule has 0 aliphatic carbocycles. The van der Waals surface area contributed by atoms with Crippen molar-refractivity contribution in [1.82, 2.24) is 19.3 Å². The Morgan fingerprint density at radius 1 is 1.12 bits per heavy atom. The summed E-state index contributed by atoms with van der Waals surface area (Å²) in [6.45, 7) is 4.38. The number of carbonyl (C=O) groups is 2. The van der Waals surface area contributed by atoms with E-state index >= 15 is 0 Å². The summed E-state index contributed by atoms with van der Waals surface area (Å²) >= 11 is 0. The molecule has 2 N–H and O–H groups in total. The maximum atomic E-state index is 12.7. The molecule has 0 aliphatic rings. The van der Waals surface area contributed by atoms with Crippen LogP contribution in [0.15, 0.2) is 24.5 Å². The van der Waals surface area contributed by atoms with E-state index in [4.69, 9.17) is 15.2 Å². The maximum absolute atomic E-state index is 12.7. The Bertz CT molecular complexity index is 1150. The van der Waals surface area contributed by atoms with Gasteiger partial charge in [0.25, 0.3) is 5.91 Å². The zero-order chi connectivity index (χ0) is 23.4. The third-order valence-corrected chi connectivity index (χ3v) is 5.68. The zero-order valence-electron chi connectivity index (χ0n) is 19.1. The molecule has 9 heteroatoms. The van der Waals surface area contributed by atoms with Crippen molar-refractivity contribution < 1.29 is 19.1 Å². The quantitative estimate of drug-likeness (QED) is 0.546. The molecule has 2 aromatic heterocycles. The standard InChI is InChI=1S/C23H29N5O4/c1-14-17(15(2)28-13-25-21(22(24)30)23(28)26-14)7-9-20(29)27(3)11-10-16-6-8-18(31-4)19(12-16)32-5/h6,8,12-13H,7,9-11H2,1-5H3,(H2,24,30). The Morgan fingerprint density at radius 2 is 1.84 bits per heavy atom. The second kappa shape index (κ2) is 9.67. The predicted octanol–water partition coefficient (Wildman–Crippen LogP) is 2.10. The summed E-state index contributed by atoms with van der Waals surface area (Å²) in [6.07, 6.45) is 3.15. The Balaban J connectivity index is 1.64. The van der Waals surface area contributed by atoms with Crippen LogP contribution in [-0.4, -0.2) is 58.9 Å². The van der Waals surface area contributed by atoms with Gasteiger partial charge in [0.2, 0.25) is 5.91 Å². The highest BCUT2D eigenvalue weighted by Crippen LogP contribution is 2.27. The van der Waals surface area contributed by atoms with Crippen LogP contribution in [0.4, 0.5) is 0 Å². The fraction of sp³-hybridized carbons (Fsp3) is 0.391. The molecule has 0 atom stereocenters. The number of aryl methyl sites for hydroxylation is 2. The van der Waals surface area contributed by atoms with Gasteiger partial charge in [-0.05, 0) is 49.9 Å². The van der Waals surface area contributed by atoms with Gasteiger partial charge in [-0.2, -0.15) is 0 Å². The predicted molar refractivity (Wildman–Crippen MR) is 120 cm³/mol. The smallest absolute Gasteiger partial charge is 0.271 e. The minimum absolute atomic E-state index is 0.0489. The topological polar surface area (TPSA) is 112 Å². The molecule has 3 aromatic rings. The van der Waals surface area contributed by atoms with Crippen molar-refractivity contribution in [3.8, 4) is 11.5 Å². The van der Waals surface area contributed by atoms with Crippen molar-refractivity contribution >= 4 is 17.5 Å². The van der Waals surface area contributed by atoms with Gasteiger partial charge < -0.3 is 20.1 Å². The van der Waals surface area contributed by atoms with Crippen LogP contribution < -0.4 is 15.2 Å². The monoisotopic (exact) mass is 439 g/mol. The van der Waals surface area contributed by atoms with E-state index in [9.17, 15) is 9.59 Å². The first-order valence-electron chi connectivity index (χ1n) is 10.3. The molecule has 9 nitrogen and oxygen atoms in total. The van der Waals surface area contributed by atoms with Crippen molar-refractivity contribution in [3.63, 3.8) is 0 Å². The number of amides is 2. The zero-order valence-corrected chi connectivity index (χ0v) is 19.1. The molecule has 2 amide bonds. The number of methoxy groups -OCH3 is 2. The number of aromatic nitrogens is 3. The van der Waals surface area contributed by atoms with Gasteiger partial charge in [-0.1, -0.05) is 6.07 Å². The van der Waals surface area contributed by atoms with Crippen molar-refractivity contribution in [1.29, 1.82) is 0 Å². The molecule has 0 saturated carbocycles. The maximum Gasteiger partial charge on any atom is 0.271 e. The largest absolute Gasteiger partial charge is 0.493 e. The van der Waals surface area contributed by atoms with Gasteiger partial charge in [0, 0.05) is 31.4 Å². The summed E-state index contributed by atoms with van der Waals surface area (Å²) in [6, 6.07) is 5.76. The number of rotatable bonds is 9. The number of nitrogens with zero attached hydrogens (tertiary/aromatic N) is 4. The fourth-order valence-electron chi connectivity index (χ4n) is 3.74. The van der Waals surface area contributed by atoms with E-state index in [1.807, 2.05) is 32.0 Å². The van der Waals surface area contributed by atoms with Gasteiger partial charge in [0.05, 0.1) is 14.2 Å². The van der Waals surface area contributed by atoms with Crippen molar-refractivity contribution in [2.24, 2.45) is 5.73 Å². The van der Waals surface area contributed by atoms with Crippen LogP contribution in [0, 0.1) is 13.8 Å². The van der Waals surface area contributed by atoms with Crippen LogP contribution in [0.25, 0.3) is 5.65 Å². The summed E-state index contributed by atoms with van der Waals surface area (Å²) in [5.74, 6) is 0.787. The Morgan fingerprint density at radius 3 is 2.50 bits per heavy atom. The summed E-state index contributed by atoms with van der Waals surface area (Å²) in [4.78, 5) is 34.6. The number of primary amides is 1. The average Bonchev–Trinajstić information content (AvgIpc) is 3.21. The number of ether oxygens (including phenoxy) is 2. The van der Waals surface area contributed by atoms with Gasteiger partial charge in [-0.3, -0.25) is 14.0 Å². The first-order chi connectivity index (χ1) is 15.3.